The minimum Gasteiger partial charge on any atom is -0.335 e. The van der Waals surface area contributed by atoms with Crippen LogP contribution >= 0.6 is 11.6 Å². The molecule has 0 saturated heterocycles. The molecule has 1 aromatic heterocycles. The largest absolute Gasteiger partial charge is 0.335 e. The zero-order valence-electron chi connectivity index (χ0n) is 12.8. The van der Waals surface area contributed by atoms with Crippen molar-refractivity contribution in [3.8, 4) is 0 Å². The first-order chi connectivity index (χ1) is 12.0. The van der Waals surface area contributed by atoms with E-state index in [-0.39, 0.29) is 17.4 Å². The summed E-state index contributed by atoms with van der Waals surface area (Å²) in [5.41, 5.74) is 0.465. The van der Waals surface area contributed by atoms with E-state index in [9.17, 15) is 13.6 Å². The first-order valence-corrected chi connectivity index (χ1v) is 7.65. The highest BCUT2D eigenvalue weighted by molar-refractivity contribution is 6.34. The predicted octanol–water partition coefficient (Wildman–Crippen LogP) is 5.01. The highest BCUT2D eigenvalue weighted by Gasteiger charge is 2.11. The Balaban J connectivity index is 1.72. The van der Waals surface area contributed by atoms with E-state index in [0.717, 1.165) is 12.1 Å². The van der Waals surface area contributed by atoms with Gasteiger partial charge in [-0.25, -0.2) is 13.8 Å². The number of para-hydroxylation sites is 1. The molecule has 25 heavy (non-hydrogen) atoms. The van der Waals surface area contributed by atoms with Crippen LogP contribution in [0.2, 0.25) is 5.02 Å². The van der Waals surface area contributed by atoms with Gasteiger partial charge in [0.1, 0.15) is 23.1 Å². The summed E-state index contributed by atoms with van der Waals surface area (Å²) in [5.74, 6) is -1.59. The third-order valence-corrected chi connectivity index (χ3v) is 3.69. The lowest BCUT2D eigenvalue weighted by atomic mass is 10.2. The van der Waals surface area contributed by atoms with Crippen molar-refractivity contribution in [1.82, 2.24) is 4.98 Å². The van der Waals surface area contributed by atoms with E-state index in [1.54, 1.807) is 30.3 Å². The van der Waals surface area contributed by atoms with Crippen LogP contribution < -0.4 is 10.6 Å². The fourth-order valence-corrected chi connectivity index (χ4v) is 2.35. The van der Waals surface area contributed by atoms with Gasteiger partial charge in [-0.3, -0.25) is 4.79 Å². The van der Waals surface area contributed by atoms with Gasteiger partial charge in [0, 0.05) is 0 Å². The number of halogens is 3. The van der Waals surface area contributed by atoms with E-state index >= 15 is 0 Å². The molecule has 2 aromatic carbocycles. The number of hydrogen-bond acceptors (Lipinski definition) is 3. The van der Waals surface area contributed by atoms with Crippen LogP contribution in [-0.2, 0) is 0 Å². The lowest BCUT2D eigenvalue weighted by Gasteiger charge is -2.09. The molecular formula is C18H12ClF2N3O. The molecule has 1 amide bonds. The molecule has 3 rings (SSSR count). The zero-order valence-corrected chi connectivity index (χ0v) is 13.5. The summed E-state index contributed by atoms with van der Waals surface area (Å²) in [5, 5.41) is 5.55. The van der Waals surface area contributed by atoms with E-state index in [0.29, 0.717) is 16.3 Å². The molecule has 0 fully saturated rings. The van der Waals surface area contributed by atoms with Crippen LogP contribution in [0.1, 0.15) is 10.4 Å². The molecule has 4 nitrogen and oxygen atoms in total. The Bertz CT molecular complexity index is 896. The number of carbonyl (C=O) groups excluding carboxylic acids is 1. The number of anilines is 3. The van der Waals surface area contributed by atoms with Crippen molar-refractivity contribution in [1.29, 1.82) is 0 Å². The summed E-state index contributed by atoms with van der Waals surface area (Å²) >= 11 is 5.97. The second-order valence-corrected chi connectivity index (χ2v) is 5.49. The molecule has 1 heterocycles. The molecule has 0 bridgehead atoms. The van der Waals surface area contributed by atoms with Gasteiger partial charge in [-0.2, -0.15) is 0 Å². The van der Waals surface area contributed by atoms with Crippen molar-refractivity contribution in [2.24, 2.45) is 0 Å². The first kappa shape index (κ1) is 16.9. The highest BCUT2D eigenvalue weighted by atomic mass is 35.5. The Kier molecular flexibility index (Phi) is 4.90. The second-order valence-electron chi connectivity index (χ2n) is 5.09. The van der Waals surface area contributed by atoms with E-state index in [1.165, 1.54) is 18.3 Å². The molecule has 0 atom stereocenters. The van der Waals surface area contributed by atoms with E-state index in [1.807, 2.05) is 0 Å². The summed E-state index contributed by atoms with van der Waals surface area (Å²) in [4.78, 5) is 16.2. The normalized spacial score (nSPS) is 10.4. The van der Waals surface area contributed by atoms with Gasteiger partial charge in [0.25, 0.3) is 5.91 Å². The van der Waals surface area contributed by atoms with Crippen LogP contribution in [0.4, 0.5) is 26.0 Å². The van der Waals surface area contributed by atoms with Crippen LogP contribution in [0, 0.1) is 11.6 Å². The van der Waals surface area contributed by atoms with Crippen molar-refractivity contribution in [2.45, 2.75) is 0 Å². The Morgan fingerprint density at radius 2 is 1.68 bits per heavy atom. The SMILES string of the molecule is O=C(Nc1ccc(Nc2c(F)cccc2F)nc1)c1ccccc1Cl. The van der Waals surface area contributed by atoms with Crippen molar-refractivity contribution < 1.29 is 13.6 Å². The van der Waals surface area contributed by atoms with E-state index in [4.69, 9.17) is 11.6 Å². The van der Waals surface area contributed by atoms with Crippen molar-refractivity contribution in [3.63, 3.8) is 0 Å². The smallest absolute Gasteiger partial charge is 0.257 e. The maximum atomic E-state index is 13.6. The quantitative estimate of drug-likeness (QED) is 0.688. The van der Waals surface area contributed by atoms with Gasteiger partial charge in [-0.15, -0.1) is 0 Å². The number of benzene rings is 2. The first-order valence-electron chi connectivity index (χ1n) is 7.27. The molecule has 126 valence electrons. The van der Waals surface area contributed by atoms with Crippen LogP contribution in [0.15, 0.2) is 60.8 Å². The number of nitrogens with one attached hydrogen (secondary N) is 2. The molecule has 0 unspecified atom stereocenters. The maximum absolute atomic E-state index is 13.6. The van der Waals surface area contributed by atoms with Crippen molar-refractivity contribution in [3.05, 3.63) is 83.0 Å². The van der Waals surface area contributed by atoms with Gasteiger partial charge in [0.15, 0.2) is 0 Å². The lowest BCUT2D eigenvalue weighted by Crippen LogP contribution is -2.12. The Hall–Kier alpha value is -2.99. The number of rotatable bonds is 4. The van der Waals surface area contributed by atoms with Crippen LogP contribution in [0.3, 0.4) is 0 Å². The Morgan fingerprint density at radius 3 is 2.32 bits per heavy atom. The van der Waals surface area contributed by atoms with Crippen molar-refractivity contribution in [2.75, 3.05) is 10.6 Å². The number of hydrogen-bond donors (Lipinski definition) is 2. The second kappa shape index (κ2) is 7.27. The number of nitrogens with zero attached hydrogens (tertiary/aromatic N) is 1. The fraction of sp³-hybridized carbons (Fsp3) is 0. The topological polar surface area (TPSA) is 54.0 Å². The third kappa shape index (κ3) is 3.92. The summed E-state index contributed by atoms with van der Waals surface area (Å²) < 4.78 is 27.2. The maximum Gasteiger partial charge on any atom is 0.257 e. The zero-order chi connectivity index (χ0) is 17.8. The molecule has 0 saturated carbocycles. The molecule has 2 N–H and O–H groups in total. The molecule has 0 spiro atoms. The average molecular weight is 360 g/mol. The summed E-state index contributed by atoms with van der Waals surface area (Å²) in [6.07, 6.45) is 1.37. The van der Waals surface area contributed by atoms with Gasteiger partial charge >= 0.3 is 0 Å². The summed E-state index contributed by atoms with van der Waals surface area (Å²) in [6.45, 7) is 0. The van der Waals surface area contributed by atoms with Crippen molar-refractivity contribution >= 4 is 34.7 Å². The number of carbonyl (C=O) groups is 1. The monoisotopic (exact) mass is 359 g/mol. The number of pyridine rings is 1. The lowest BCUT2D eigenvalue weighted by molar-refractivity contribution is 0.102. The molecule has 0 radical (unpaired) electrons. The highest BCUT2D eigenvalue weighted by Crippen LogP contribution is 2.23. The molecule has 0 aliphatic rings. The molecule has 0 aliphatic carbocycles. The van der Waals surface area contributed by atoms with Gasteiger partial charge in [0.2, 0.25) is 0 Å². The Labute approximate surface area is 147 Å². The standard InChI is InChI=1S/C18H12ClF2N3O/c19-13-5-2-1-4-12(13)18(25)23-11-8-9-16(22-10-11)24-17-14(20)6-3-7-15(17)21/h1-10H,(H,22,24)(H,23,25). The minimum atomic E-state index is -0.724. The van der Waals surface area contributed by atoms with Gasteiger partial charge < -0.3 is 10.6 Å². The number of amides is 1. The summed E-state index contributed by atoms with van der Waals surface area (Å²) in [6, 6.07) is 13.3. The Morgan fingerprint density at radius 1 is 0.960 bits per heavy atom. The van der Waals surface area contributed by atoms with Gasteiger partial charge in [-0.05, 0) is 36.4 Å². The van der Waals surface area contributed by atoms with Crippen LogP contribution in [0.25, 0.3) is 0 Å². The average Bonchev–Trinajstić information content (AvgIpc) is 2.60. The van der Waals surface area contributed by atoms with Gasteiger partial charge in [-0.1, -0.05) is 29.8 Å². The van der Waals surface area contributed by atoms with Crippen LogP contribution in [0.5, 0.6) is 0 Å². The molecule has 0 aliphatic heterocycles. The molecule has 3 aromatic rings. The minimum absolute atomic E-state index is 0.236. The third-order valence-electron chi connectivity index (χ3n) is 3.36. The summed E-state index contributed by atoms with van der Waals surface area (Å²) in [7, 11) is 0. The van der Waals surface area contributed by atoms with E-state index in [2.05, 4.69) is 15.6 Å². The number of aromatic nitrogens is 1. The van der Waals surface area contributed by atoms with Gasteiger partial charge in [0.05, 0.1) is 22.5 Å². The van der Waals surface area contributed by atoms with E-state index < -0.39 is 11.6 Å². The van der Waals surface area contributed by atoms with Crippen LogP contribution in [-0.4, -0.2) is 10.9 Å². The molecular weight excluding hydrogens is 348 g/mol. The molecule has 7 heteroatoms. The fourth-order valence-electron chi connectivity index (χ4n) is 2.13. The predicted molar refractivity (Wildman–Crippen MR) is 93.3 cm³/mol.